The maximum Gasteiger partial charge on any atom is 0.136 e. The molecule has 2 heterocycles. The quantitative estimate of drug-likeness (QED) is 0.162. The van der Waals surface area contributed by atoms with Crippen LogP contribution in [0.3, 0.4) is 0 Å². The van der Waals surface area contributed by atoms with Gasteiger partial charge in [-0.3, -0.25) is 4.98 Å². The van der Waals surface area contributed by atoms with E-state index in [0.717, 1.165) is 72.2 Å². The van der Waals surface area contributed by atoms with Crippen LogP contribution < -0.4 is 4.90 Å². The molecule has 0 atom stereocenters. The Morgan fingerprint density at radius 1 is 0.508 bits per heavy atom. The minimum atomic E-state index is -0.0710. The molecular formula is C56H48N3OPt-. The van der Waals surface area contributed by atoms with Crippen LogP contribution in [0.25, 0.3) is 66.3 Å². The van der Waals surface area contributed by atoms with Crippen molar-refractivity contribution >= 4 is 38.7 Å². The Labute approximate surface area is 373 Å². The molecule has 0 fully saturated rings. The van der Waals surface area contributed by atoms with E-state index in [9.17, 15) is 5.11 Å². The number of fused-ring (bicyclic) bond motifs is 2. The zero-order valence-corrected chi connectivity index (χ0v) is 37.6. The van der Waals surface area contributed by atoms with E-state index < -0.39 is 0 Å². The van der Waals surface area contributed by atoms with Gasteiger partial charge in [-0.05, 0) is 103 Å². The minimum Gasteiger partial charge on any atom is -0.507 e. The summed E-state index contributed by atoms with van der Waals surface area (Å²) in [5.74, 6) is 0.954. The molecule has 0 bridgehead atoms. The van der Waals surface area contributed by atoms with Gasteiger partial charge in [-0.15, -0.1) is 23.8 Å². The van der Waals surface area contributed by atoms with Crippen LogP contribution in [0, 0.1) is 6.07 Å². The third kappa shape index (κ3) is 8.38. The molecule has 4 nitrogen and oxygen atoms in total. The zero-order chi connectivity index (χ0) is 41.6. The molecule has 0 spiro atoms. The monoisotopic (exact) mass is 973 g/mol. The fraction of sp³-hybridized carbons (Fsp3) is 0.143. The van der Waals surface area contributed by atoms with Crippen LogP contribution in [0.4, 0.5) is 17.2 Å². The van der Waals surface area contributed by atoms with E-state index in [0.29, 0.717) is 11.3 Å². The van der Waals surface area contributed by atoms with Crippen LogP contribution in [0.15, 0.2) is 176 Å². The van der Waals surface area contributed by atoms with Crippen molar-refractivity contribution in [2.24, 2.45) is 0 Å². The summed E-state index contributed by atoms with van der Waals surface area (Å²) >= 11 is 0. The first kappa shape index (κ1) is 41.4. The zero-order valence-electron chi connectivity index (χ0n) is 35.3. The average Bonchev–Trinajstić information content (AvgIpc) is 3.26. The van der Waals surface area contributed by atoms with Gasteiger partial charge in [-0.2, -0.15) is 0 Å². The van der Waals surface area contributed by atoms with Gasteiger partial charge < -0.3 is 10.0 Å². The first-order chi connectivity index (χ1) is 28.9. The third-order valence-corrected chi connectivity index (χ3v) is 11.4. The normalized spacial score (nSPS) is 11.7. The molecule has 1 N–H and O–H groups in total. The van der Waals surface area contributed by atoms with E-state index in [2.05, 4.69) is 180 Å². The molecule has 0 aliphatic carbocycles. The Kier molecular flexibility index (Phi) is 11.3. The van der Waals surface area contributed by atoms with Gasteiger partial charge in [-0.25, -0.2) is 4.98 Å². The summed E-state index contributed by atoms with van der Waals surface area (Å²) in [5, 5.41) is 15.8. The number of hydrogen-bond acceptors (Lipinski definition) is 4. The van der Waals surface area contributed by atoms with Gasteiger partial charge in [-0.1, -0.05) is 168 Å². The van der Waals surface area contributed by atoms with E-state index in [1.54, 1.807) is 6.07 Å². The van der Waals surface area contributed by atoms with Crippen LogP contribution >= 0.6 is 0 Å². The molecule has 0 saturated carbocycles. The summed E-state index contributed by atoms with van der Waals surface area (Å²) in [6.07, 6.45) is 1.84. The summed E-state index contributed by atoms with van der Waals surface area (Å²) < 4.78 is 0. The third-order valence-electron chi connectivity index (χ3n) is 11.4. The van der Waals surface area contributed by atoms with E-state index in [-0.39, 0.29) is 37.6 Å². The summed E-state index contributed by atoms with van der Waals surface area (Å²) in [4.78, 5) is 12.5. The molecule has 0 radical (unpaired) electrons. The number of anilines is 3. The Hall–Kier alpha value is -6.35. The van der Waals surface area contributed by atoms with E-state index in [1.807, 2.05) is 42.6 Å². The SMILES string of the molecule is CC(C)(C)c1cc(-c2cc(-c3[c-]c(N(c4ccccn4)c4cccc5ccccc45)cc(-c4cccc5ccccc45)c3)nc(-c3ccccc3O)c2)cc(C(C)(C)C)c1.[Pt]. The van der Waals surface area contributed by atoms with Crippen LogP contribution in [-0.4, -0.2) is 15.1 Å². The molecule has 5 heteroatoms. The molecule has 0 unspecified atom stereocenters. The average molecular weight is 974 g/mol. The van der Waals surface area contributed by atoms with Gasteiger partial charge in [0, 0.05) is 38.2 Å². The first-order valence-electron chi connectivity index (χ1n) is 20.6. The molecule has 2 aromatic heterocycles. The number of pyridine rings is 2. The van der Waals surface area contributed by atoms with Gasteiger partial charge in [0.25, 0.3) is 0 Å². The van der Waals surface area contributed by atoms with Crippen LogP contribution in [0.2, 0.25) is 0 Å². The van der Waals surface area contributed by atoms with Crippen molar-refractivity contribution in [1.82, 2.24) is 9.97 Å². The van der Waals surface area contributed by atoms with Crippen LogP contribution in [-0.2, 0) is 31.9 Å². The van der Waals surface area contributed by atoms with Crippen LogP contribution in [0.5, 0.6) is 5.75 Å². The molecule has 0 aliphatic rings. The van der Waals surface area contributed by atoms with Crippen molar-refractivity contribution in [2.75, 3.05) is 4.90 Å². The molecule has 9 rings (SSSR count). The molecule has 61 heavy (non-hydrogen) atoms. The topological polar surface area (TPSA) is 49.2 Å². The predicted molar refractivity (Wildman–Crippen MR) is 251 cm³/mol. The number of nitrogens with zero attached hydrogens (tertiary/aromatic N) is 3. The molecule has 0 aliphatic heterocycles. The Morgan fingerprint density at radius 2 is 1.08 bits per heavy atom. The molecular weight excluding hydrogens is 926 g/mol. The number of aromatic hydroxyl groups is 1. The van der Waals surface area contributed by atoms with Crippen molar-refractivity contribution < 1.29 is 26.2 Å². The van der Waals surface area contributed by atoms with E-state index in [1.165, 1.54) is 11.1 Å². The van der Waals surface area contributed by atoms with Gasteiger partial charge in [0.2, 0.25) is 0 Å². The van der Waals surface area contributed by atoms with Crippen LogP contribution in [0.1, 0.15) is 52.7 Å². The number of rotatable bonds is 7. The molecule has 9 aromatic rings. The maximum absolute atomic E-state index is 11.3. The van der Waals surface area contributed by atoms with Crippen molar-refractivity contribution in [3.8, 4) is 50.5 Å². The van der Waals surface area contributed by atoms with E-state index in [4.69, 9.17) is 9.97 Å². The van der Waals surface area contributed by atoms with Crippen molar-refractivity contribution in [1.29, 1.82) is 0 Å². The number of phenolic OH excluding ortho intramolecular Hbond substituents is 1. The number of hydrogen-bond donors (Lipinski definition) is 1. The van der Waals surface area contributed by atoms with Crippen molar-refractivity contribution in [3.63, 3.8) is 0 Å². The fourth-order valence-electron chi connectivity index (χ4n) is 8.04. The van der Waals surface area contributed by atoms with Gasteiger partial charge in [0.05, 0.1) is 11.4 Å². The minimum absolute atomic E-state index is 0. The fourth-order valence-corrected chi connectivity index (χ4v) is 8.04. The molecule has 7 aromatic carbocycles. The predicted octanol–water partition coefficient (Wildman–Crippen LogP) is 15.0. The van der Waals surface area contributed by atoms with Crippen molar-refractivity contribution in [2.45, 2.75) is 52.4 Å². The number of benzene rings is 7. The largest absolute Gasteiger partial charge is 0.507 e. The smallest absolute Gasteiger partial charge is 0.136 e. The second-order valence-corrected chi connectivity index (χ2v) is 17.7. The Bertz CT molecular complexity index is 2990. The summed E-state index contributed by atoms with van der Waals surface area (Å²) in [6.45, 7) is 13.6. The second kappa shape index (κ2) is 16.6. The molecule has 304 valence electrons. The Balaban J connectivity index is 0.00000514. The van der Waals surface area contributed by atoms with Gasteiger partial charge in [0.1, 0.15) is 11.6 Å². The van der Waals surface area contributed by atoms with Crippen molar-refractivity contribution in [3.05, 3.63) is 193 Å². The standard InChI is InChI=1S/C56H48N3O.Pt/c1-55(2,3)43-30-39(31-44(36-43)56(4,5)6)40-34-50(58-51(35-40)49-23-11-12-26-53(49)60)42-29-41(47-24-15-19-37-17-7-9-21-46(37)47)32-45(33-42)59(54-27-13-14-28-57-54)52-25-16-20-38-18-8-10-22-48(38)52;/h7-32,34-36,60H,1-6H3;/q-1;. The number of phenols is 1. The summed E-state index contributed by atoms with van der Waals surface area (Å²) in [7, 11) is 0. The first-order valence-corrected chi connectivity index (χ1v) is 20.6. The Morgan fingerprint density at radius 3 is 1.77 bits per heavy atom. The maximum atomic E-state index is 11.3. The molecule has 0 saturated heterocycles. The van der Waals surface area contributed by atoms with Gasteiger partial charge >= 0.3 is 0 Å². The second-order valence-electron chi connectivity index (χ2n) is 17.7. The summed E-state index contributed by atoms with van der Waals surface area (Å²) in [5.41, 5.74) is 11.4. The molecule has 0 amide bonds. The van der Waals surface area contributed by atoms with Gasteiger partial charge in [0.15, 0.2) is 0 Å². The number of aromatic nitrogens is 2. The number of para-hydroxylation sites is 1. The van der Waals surface area contributed by atoms with E-state index >= 15 is 0 Å². The summed E-state index contributed by atoms with van der Waals surface area (Å²) in [6, 6.07) is 62.9.